The minimum atomic E-state index is -2.47. The second-order valence-corrected chi connectivity index (χ2v) is 2.49. The number of hydrogen-bond acceptors (Lipinski definition) is 6. The Morgan fingerprint density at radius 2 is 1.93 bits per heavy atom. The third kappa shape index (κ3) is 3.49. The van der Waals surface area contributed by atoms with Gasteiger partial charge in [0.2, 0.25) is 11.9 Å². The van der Waals surface area contributed by atoms with Crippen LogP contribution in [0.25, 0.3) is 0 Å². The first-order valence-corrected chi connectivity index (χ1v) is 4.15. The molecular weight excluding hydrogens is 208 g/mol. The van der Waals surface area contributed by atoms with Gasteiger partial charge in [0.1, 0.15) is 0 Å². The van der Waals surface area contributed by atoms with Gasteiger partial charge < -0.3 is 15.4 Å². The minimum absolute atomic E-state index is 0.0477. The summed E-state index contributed by atoms with van der Waals surface area (Å²) in [5.41, 5.74) is 0. The number of aromatic nitrogens is 3. The molecule has 15 heavy (non-hydrogen) atoms. The van der Waals surface area contributed by atoms with Gasteiger partial charge in [0.05, 0.1) is 13.7 Å². The van der Waals surface area contributed by atoms with Crippen LogP contribution in [0.4, 0.5) is 20.7 Å². The summed E-state index contributed by atoms with van der Waals surface area (Å²) in [7, 11) is 2.98. The average molecular weight is 219 g/mol. The van der Waals surface area contributed by atoms with Crippen LogP contribution in [0.3, 0.4) is 0 Å². The Balaban J connectivity index is 2.77. The van der Waals surface area contributed by atoms with Crippen molar-refractivity contribution < 1.29 is 13.5 Å². The van der Waals surface area contributed by atoms with Gasteiger partial charge in [-0.05, 0) is 0 Å². The fourth-order valence-electron chi connectivity index (χ4n) is 0.807. The number of ether oxygens (including phenoxy) is 1. The minimum Gasteiger partial charge on any atom is -0.467 e. The molecule has 0 radical (unpaired) electrons. The Bertz CT molecular complexity index is 300. The summed E-state index contributed by atoms with van der Waals surface area (Å²) in [4.78, 5) is 11.4. The van der Waals surface area contributed by atoms with Crippen molar-refractivity contribution >= 4 is 11.9 Å². The number of methoxy groups -OCH3 is 1. The van der Waals surface area contributed by atoms with Gasteiger partial charge in [0, 0.05) is 7.05 Å². The first-order chi connectivity index (χ1) is 7.15. The summed E-state index contributed by atoms with van der Waals surface area (Å²) >= 11 is 0. The third-order valence-electron chi connectivity index (χ3n) is 1.44. The maximum Gasteiger partial charge on any atom is 0.322 e. The summed E-state index contributed by atoms with van der Waals surface area (Å²) in [5, 5.41) is 5.02. The van der Waals surface area contributed by atoms with Gasteiger partial charge >= 0.3 is 6.01 Å². The van der Waals surface area contributed by atoms with Gasteiger partial charge in [-0.3, -0.25) is 0 Å². The molecule has 0 spiro atoms. The Kier molecular flexibility index (Phi) is 3.95. The van der Waals surface area contributed by atoms with Crippen molar-refractivity contribution in [1.82, 2.24) is 15.0 Å². The van der Waals surface area contributed by atoms with E-state index in [1.54, 1.807) is 7.05 Å². The van der Waals surface area contributed by atoms with E-state index in [0.29, 0.717) is 0 Å². The Labute approximate surface area is 85.1 Å². The quantitative estimate of drug-likeness (QED) is 0.755. The van der Waals surface area contributed by atoms with Gasteiger partial charge in [-0.2, -0.15) is 15.0 Å². The summed E-state index contributed by atoms with van der Waals surface area (Å²) < 4.78 is 28.6. The Morgan fingerprint density at radius 1 is 1.27 bits per heavy atom. The fourth-order valence-corrected chi connectivity index (χ4v) is 0.807. The van der Waals surface area contributed by atoms with Crippen LogP contribution in [-0.2, 0) is 0 Å². The van der Waals surface area contributed by atoms with E-state index in [2.05, 4.69) is 25.6 Å². The number of halogens is 2. The van der Waals surface area contributed by atoms with E-state index in [-0.39, 0.29) is 17.9 Å². The molecule has 0 atom stereocenters. The van der Waals surface area contributed by atoms with E-state index in [4.69, 9.17) is 4.74 Å². The fraction of sp³-hybridized carbons (Fsp3) is 0.571. The van der Waals surface area contributed by atoms with Crippen molar-refractivity contribution in [2.24, 2.45) is 0 Å². The number of rotatable bonds is 5. The maximum absolute atomic E-state index is 11.9. The molecule has 1 aromatic rings. The van der Waals surface area contributed by atoms with Crippen LogP contribution in [0.1, 0.15) is 0 Å². The second kappa shape index (κ2) is 5.23. The monoisotopic (exact) mass is 219 g/mol. The van der Waals surface area contributed by atoms with E-state index >= 15 is 0 Å². The predicted octanol–water partition coefficient (Wildman–Crippen LogP) is 0.599. The van der Waals surface area contributed by atoms with Crippen LogP contribution >= 0.6 is 0 Å². The highest BCUT2D eigenvalue weighted by atomic mass is 19.3. The molecule has 0 aliphatic rings. The van der Waals surface area contributed by atoms with Crippen molar-refractivity contribution in [2.45, 2.75) is 6.43 Å². The summed E-state index contributed by atoms with van der Waals surface area (Å²) in [6.07, 6.45) is -2.47. The molecule has 8 heteroatoms. The highest BCUT2D eigenvalue weighted by Crippen LogP contribution is 2.10. The summed E-state index contributed by atoms with van der Waals surface area (Å²) in [6, 6.07) is 0.0612. The topological polar surface area (TPSA) is 72.0 Å². The molecule has 0 fully saturated rings. The van der Waals surface area contributed by atoms with Crippen molar-refractivity contribution in [1.29, 1.82) is 0 Å². The maximum atomic E-state index is 11.9. The van der Waals surface area contributed by atoms with E-state index in [1.807, 2.05) is 0 Å². The largest absolute Gasteiger partial charge is 0.467 e. The van der Waals surface area contributed by atoms with Gasteiger partial charge in [-0.1, -0.05) is 0 Å². The van der Waals surface area contributed by atoms with Crippen LogP contribution in [0.2, 0.25) is 0 Å². The normalized spacial score (nSPS) is 10.2. The third-order valence-corrected chi connectivity index (χ3v) is 1.44. The lowest BCUT2D eigenvalue weighted by Gasteiger charge is -2.06. The number of anilines is 2. The summed E-state index contributed by atoms with van der Waals surface area (Å²) in [5.74, 6) is 0.296. The molecule has 0 aliphatic heterocycles. The number of nitrogens with one attached hydrogen (secondary N) is 2. The standard InChI is InChI=1S/C7H11F2N5O/c1-10-5-12-6(11-3-4(8)9)14-7(13-5)15-2/h4H,3H2,1-2H3,(H2,10,11,12,13,14). The number of nitrogens with zero attached hydrogens (tertiary/aromatic N) is 3. The van der Waals surface area contributed by atoms with Gasteiger partial charge in [0.15, 0.2) is 0 Å². The molecule has 0 amide bonds. The Morgan fingerprint density at radius 3 is 2.47 bits per heavy atom. The SMILES string of the molecule is CNc1nc(NCC(F)F)nc(OC)n1. The summed E-state index contributed by atoms with van der Waals surface area (Å²) in [6.45, 7) is -0.518. The molecule has 84 valence electrons. The van der Waals surface area contributed by atoms with Crippen LogP contribution in [-0.4, -0.2) is 42.1 Å². The zero-order valence-corrected chi connectivity index (χ0v) is 8.29. The number of alkyl halides is 2. The molecule has 0 aliphatic carbocycles. The first kappa shape index (κ1) is 11.3. The van der Waals surface area contributed by atoms with Gasteiger partial charge in [-0.15, -0.1) is 0 Å². The van der Waals surface area contributed by atoms with E-state index in [9.17, 15) is 8.78 Å². The lowest BCUT2D eigenvalue weighted by molar-refractivity contribution is 0.163. The van der Waals surface area contributed by atoms with Crippen LogP contribution in [0, 0.1) is 0 Å². The molecule has 1 rings (SSSR count). The molecular formula is C7H11F2N5O. The molecule has 0 saturated carbocycles. The Hall–Kier alpha value is -1.73. The second-order valence-electron chi connectivity index (χ2n) is 2.49. The highest BCUT2D eigenvalue weighted by Gasteiger charge is 2.07. The van der Waals surface area contributed by atoms with Crippen LogP contribution in [0.5, 0.6) is 6.01 Å². The zero-order valence-electron chi connectivity index (χ0n) is 8.29. The lowest BCUT2D eigenvalue weighted by atomic mass is 10.6. The van der Waals surface area contributed by atoms with Crippen LogP contribution in [0.15, 0.2) is 0 Å². The van der Waals surface area contributed by atoms with E-state index in [0.717, 1.165) is 0 Å². The average Bonchev–Trinajstić information content (AvgIpc) is 2.25. The van der Waals surface area contributed by atoms with Crippen molar-refractivity contribution in [3.05, 3.63) is 0 Å². The molecule has 6 nitrogen and oxygen atoms in total. The van der Waals surface area contributed by atoms with Crippen LogP contribution < -0.4 is 15.4 Å². The molecule has 0 bridgehead atoms. The first-order valence-electron chi connectivity index (χ1n) is 4.15. The molecule has 1 aromatic heterocycles. The van der Waals surface area contributed by atoms with E-state index in [1.165, 1.54) is 7.11 Å². The molecule has 1 heterocycles. The predicted molar refractivity (Wildman–Crippen MR) is 50.4 cm³/mol. The van der Waals surface area contributed by atoms with E-state index < -0.39 is 13.0 Å². The van der Waals surface area contributed by atoms with Crippen molar-refractivity contribution in [3.63, 3.8) is 0 Å². The zero-order chi connectivity index (χ0) is 11.3. The van der Waals surface area contributed by atoms with Gasteiger partial charge in [0.25, 0.3) is 6.43 Å². The van der Waals surface area contributed by atoms with Gasteiger partial charge in [-0.25, -0.2) is 8.78 Å². The molecule has 0 aromatic carbocycles. The molecule has 2 N–H and O–H groups in total. The lowest BCUT2D eigenvalue weighted by Crippen LogP contribution is -2.14. The molecule has 0 unspecified atom stereocenters. The smallest absolute Gasteiger partial charge is 0.322 e. The highest BCUT2D eigenvalue weighted by molar-refractivity contribution is 5.35. The molecule has 0 saturated heterocycles. The van der Waals surface area contributed by atoms with Crippen molar-refractivity contribution in [2.75, 3.05) is 31.3 Å². The number of hydrogen-bond donors (Lipinski definition) is 2. The van der Waals surface area contributed by atoms with Crippen molar-refractivity contribution in [3.8, 4) is 6.01 Å².